The zero-order chi connectivity index (χ0) is 19.8. The van der Waals surface area contributed by atoms with Crippen LogP contribution in [0.4, 0.5) is 15.8 Å². The van der Waals surface area contributed by atoms with Crippen LogP contribution in [0.1, 0.15) is 16.8 Å². The lowest BCUT2D eigenvalue weighted by atomic mass is 10.2. The number of hydrogen-bond donors (Lipinski definition) is 3. The van der Waals surface area contributed by atoms with E-state index in [-0.39, 0.29) is 23.9 Å². The maximum Gasteiger partial charge on any atom is 0.255 e. The van der Waals surface area contributed by atoms with Crippen molar-refractivity contribution >= 4 is 47.4 Å². The van der Waals surface area contributed by atoms with Gasteiger partial charge in [0.25, 0.3) is 5.91 Å². The lowest BCUT2D eigenvalue weighted by Crippen LogP contribution is -2.36. The van der Waals surface area contributed by atoms with Crippen LogP contribution in [-0.4, -0.2) is 37.0 Å². The molecule has 1 atom stereocenters. The van der Waals surface area contributed by atoms with Gasteiger partial charge < -0.3 is 21.1 Å². The molecule has 0 heterocycles. The second kappa shape index (κ2) is 11.5. The molecule has 0 fully saturated rings. The molecule has 0 aliphatic heterocycles. The van der Waals surface area contributed by atoms with Crippen molar-refractivity contribution in [2.45, 2.75) is 12.5 Å². The van der Waals surface area contributed by atoms with Crippen LogP contribution in [0.5, 0.6) is 5.75 Å². The Kier molecular flexibility index (Phi) is 9.78. The molecular formula is C19H23ClFN3O3S. The van der Waals surface area contributed by atoms with Gasteiger partial charge in [0.1, 0.15) is 11.6 Å². The first-order chi connectivity index (χ1) is 12.9. The molecule has 0 aromatic heterocycles. The van der Waals surface area contributed by atoms with Crippen LogP contribution >= 0.6 is 24.2 Å². The molecule has 2 amide bonds. The highest BCUT2D eigenvalue weighted by Gasteiger charge is 2.15. The van der Waals surface area contributed by atoms with E-state index in [2.05, 4.69) is 10.6 Å². The first-order valence-corrected chi connectivity index (χ1v) is 9.64. The monoisotopic (exact) mass is 427 g/mol. The fourth-order valence-corrected chi connectivity index (χ4v) is 2.81. The largest absolute Gasteiger partial charge is 0.495 e. The third-order valence-corrected chi connectivity index (χ3v) is 4.42. The van der Waals surface area contributed by atoms with Gasteiger partial charge in [0.15, 0.2) is 0 Å². The van der Waals surface area contributed by atoms with Crippen molar-refractivity contribution in [3.8, 4) is 5.75 Å². The number of carbonyl (C=O) groups is 2. The zero-order valence-corrected chi connectivity index (χ0v) is 17.2. The minimum Gasteiger partial charge on any atom is -0.495 e. The number of carbonyl (C=O) groups excluding carboxylic acids is 2. The summed E-state index contributed by atoms with van der Waals surface area (Å²) in [6.07, 6.45) is 2.51. The van der Waals surface area contributed by atoms with E-state index in [1.165, 1.54) is 25.3 Å². The van der Waals surface area contributed by atoms with E-state index in [9.17, 15) is 14.0 Å². The summed E-state index contributed by atoms with van der Waals surface area (Å²) in [6.45, 7) is 0. The molecule has 0 aliphatic carbocycles. The minimum atomic E-state index is -0.620. The van der Waals surface area contributed by atoms with Crippen LogP contribution < -0.4 is 21.1 Å². The Morgan fingerprint density at radius 2 is 1.96 bits per heavy atom. The van der Waals surface area contributed by atoms with Gasteiger partial charge in [0.05, 0.1) is 18.8 Å². The molecule has 9 heteroatoms. The third-order valence-electron chi connectivity index (χ3n) is 3.77. The molecule has 28 heavy (non-hydrogen) atoms. The van der Waals surface area contributed by atoms with Gasteiger partial charge in [-0.3, -0.25) is 9.59 Å². The van der Waals surface area contributed by atoms with Crippen LogP contribution in [0.25, 0.3) is 0 Å². The molecule has 0 aliphatic rings. The van der Waals surface area contributed by atoms with Gasteiger partial charge in [-0.1, -0.05) is 6.07 Å². The quantitative estimate of drug-likeness (QED) is 0.599. The van der Waals surface area contributed by atoms with E-state index < -0.39 is 17.8 Å². The number of rotatable bonds is 8. The Hall–Kier alpha value is -2.29. The minimum absolute atomic E-state index is 0. The number of hydrogen-bond acceptors (Lipinski definition) is 5. The Balaban J connectivity index is 0.00000392. The summed E-state index contributed by atoms with van der Waals surface area (Å²) < 4.78 is 18.6. The van der Waals surface area contributed by atoms with Crippen molar-refractivity contribution in [2.75, 3.05) is 29.8 Å². The van der Waals surface area contributed by atoms with E-state index >= 15 is 0 Å². The standard InChI is InChI=1S/C19H22FN3O3S.ClH/c1-26-17-7-6-14(22-19(25)15(21)8-9-27-2)11-16(17)23-18(24)12-4-3-5-13(20)10-12;/h3-7,10-11,15H,8-9,21H2,1-2H3,(H,22,25)(H,23,24);1H. The van der Waals surface area contributed by atoms with Crippen molar-refractivity contribution in [1.29, 1.82) is 0 Å². The molecule has 0 saturated carbocycles. The maximum absolute atomic E-state index is 13.3. The summed E-state index contributed by atoms with van der Waals surface area (Å²) in [5, 5.41) is 5.39. The van der Waals surface area contributed by atoms with Gasteiger partial charge in [0, 0.05) is 11.3 Å². The molecule has 0 radical (unpaired) electrons. The molecule has 152 valence electrons. The average molecular weight is 428 g/mol. The predicted molar refractivity (Wildman–Crippen MR) is 114 cm³/mol. The third kappa shape index (κ3) is 6.70. The average Bonchev–Trinajstić information content (AvgIpc) is 2.66. The Labute approximate surface area is 173 Å². The smallest absolute Gasteiger partial charge is 0.255 e. The number of anilines is 2. The van der Waals surface area contributed by atoms with Crippen molar-refractivity contribution in [3.05, 3.63) is 53.8 Å². The second-order valence-corrected chi connectivity index (χ2v) is 6.74. The molecule has 2 rings (SSSR count). The first kappa shape index (κ1) is 23.7. The van der Waals surface area contributed by atoms with Crippen LogP contribution in [0.2, 0.25) is 0 Å². The number of ether oxygens (including phenoxy) is 1. The summed E-state index contributed by atoms with van der Waals surface area (Å²) in [5.41, 5.74) is 6.85. The Morgan fingerprint density at radius 1 is 1.21 bits per heavy atom. The number of methoxy groups -OCH3 is 1. The normalized spacial score (nSPS) is 11.1. The van der Waals surface area contributed by atoms with Gasteiger partial charge in [-0.05, 0) is 54.8 Å². The number of benzene rings is 2. The van der Waals surface area contributed by atoms with Crippen LogP contribution in [0.3, 0.4) is 0 Å². The summed E-state index contributed by atoms with van der Waals surface area (Å²) in [5.74, 6) is -0.115. The zero-order valence-electron chi connectivity index (χ0n) is 15.5. The maximum atomic E-state index is 13.3. The molecule has 2 aromatic carbocycles. The van der Waals surface area contributed by atoms with Gasteiger partial charge in [0.2, 0.25) is 5.91 Å². The predicted octanol–water partition coefficient (Wildman–Crippen LogP) is 3.53. The topological polar surface area (TPSA) is 93.4 Å². The van der Waals surface area contributed by atoms with E-state index in [1.807, 2.05) is 6.26 Å². The summed E-state index contributed by atoms with van der Waals surface area (Å²) >= 11 is 1.62. The lowest BCUT2D eigenvalue weighted by molar-refractivity contribution is -0.117. The Morgan fingerprint density at radius 3 is 2.61 bits per heavy atom. The summed E-state index contributed by atoms with van der Waals surface area (Å²) in [6, 6.07) is 9.56. The van der Waals surface area contributed by atoms with Gasteiger partial charge in [-0.2, -0.15) is 11.8 Å². The number of halogens is 2. The van der Waals surface area contributed by atoms with Gasteiger partial charge in [-0.15, -0.1) is 12.4 Å². The SMILES string of the molecule is COc1ccc(NC(=O)C(N)CCSC)cc1NC(=O)c1cccc(F)c1.Cl. The highest BCUT2D eigenvalue weighted by atomic mass is 35.5. The van der Waals surface area contributed by atoms with Crippen molar-refractivity contribution in [2.24, 2.45) is 5.73 Å². The van der Waals surface area contributed by atoms with Crippen molar-refractivity contribution in [3.63, 3.8) is 0 Å². The first-order valence-electron chi connectivity index (χ1n) is 8.25. The number of nitrogens with one attached hydrogen (secondary N) is 2. The summed E-state index contributed by atoms with van der Waals surface area (Å²) in [4.78, 5) is 24.5. The molecule has 0 saturated heterocycles. The molecule has 0 spiro atoms. The van der Waals surface area contributed by atoms with Gasteiger partial charge >= 0.3 is 0 Å². The van der Waals surface area contributed by atoms with E-state index in [0.717, 1.165) is 11.8 Å². The molecular weight excluding hydrogens is 405 g/mol. The molecule has 0 bridgehead atoms. The molecule has 1 unspecified atom stereocenters. The van der Waals surface area contributed by atoms with Crippen molar-refractivity contribution < 1.29 is 18.7 Å². The van der Waals surface area contributed by atoms with Crippen LogP contribution in [0.15, 0.2) is 42.5 Å². The molecule has 6 nitrogen and oxygen atoms in total. The van der Waals surface area contributed by atoms with Crippen molar-refractivity contribution in [1.82, 2.24) is 0 Å². The van der Waals surface area contributed by atoms with E-state index in [1.54, 1.807) is 30.0 Å². The number of thioether (sulfide) groups is 1. The fraction of sp³-hybridized carbons (Fsp3) is 0.263. The molecule has 4 N–H and O–H groups in total. The highest BCUT2D eigenvalue weighted by Crippen LogP contribution is 2.28. The van der Waals surface area contributed by atoms with E-state index in [4.69, 9.17) is 10.5 Å². The van der Waals surface area contributed by atoms with Crippen LogP contribution in [0, 0.1) is 5.82 Å². The fourth-order valence-electron chi connectivity index (χ4n) is 2.32. The van der Waals surface area contributed by atoms with Crippen LogP contribution in [-0.2, 0) is 4.79 Å². The summed E-state index contributed by atoms with van der Waals surface area (Å²) in [7, 11) is 1.46. The number of amides is 2. The van der Waals surface area contributed by atoms with E-state index in [0.29, 0.717) is 23.5 Å². The van der Waals surface area contributed by atoms with Gasteiger partial charge in [-0.25, -0.2) is 4.39 Å². The highest BCUT2D eigenvalue weighted by molar-refractivity contribution is 7.98. The molecule has 2 aromatic rings. The second-order valence-electron chi connectivity index (χ2n) is 5.76. The number of nitrogens with two attached hydrogens (primary N) is 1. The lowest BCUT2D eigenvalue weighted by Gasteiger charge is -2.15. The Bertz CT molecular complexity index is 823.